The Hall–Kier alpha value is -1.23. The molecule has 0 aromatic heterocycles. The smallest absolute Gasteiger partial charge is 0.251 e. The Morgan fingerprint density at radius 1 is 1.28 bits per heavy atom. The summed E-state index contributed by atoms with van der Waals surface area (Å²) in [5.41, 5.74) is 0.880. The first-order valence-corrected chi connectivity index (χ1v) is 6.05. The Balaban J connectivity index is 1.94. The van der Waals surface area contributed by atoms with E-state index in [1.165, 1.54) is 12.1 Å². The summed E-state index contributed by atoms with van der Waals surface area (Å²) in [5.74, 6) is -0.762. The Morgan fingerprint density at radius 2 is 1.94 bits per heavy atom. The third kappa shape index (κ3) is 3.16. The second kappa shape index (κ2) is 5.61. The predicted molar refractivity (Wildman–Crippen MR) is 62.5 cm³/mol. The Morgan fingerprint density at radius 3 is 2.50 bits per heavy atom. The van der Waals surface area contributed by atoms with Gasteiger partial charge < -0.3 is 5.11 Å². The molecular formula is C13H16F3NO. The first-order chi connectivity index (χ1) is 8.56. The normalized spacial score (nSPS) is 18.4. The number of hydrogen-bond donors (Lipinski definition) is 1. The fourth-order valence-corrected chi connectivity index (χ4v) is 2.43. The second-order valence-electron chi connectivity index (χ2n) is 4.68. The molecule has 2 rings (SSSR count). The molecular weight excluding hydrogens is 243 g/mol. The van der Waals surface area contributed by atoms with Crippen LogP contribution in [-0.4, -0.2) is 36.1 Å². The van der Waals surface area contributed by atoms with Crippen molar-refractivity contribution < 1.29 is 18.3 Å². The monoisotopic (exact) mass is 259 g/mol. The number of phenols is 1. The van der Waals surface area contributed by atoms with Crippen LogP contribution in [0.1, 0.15) is 24.3 Å². The van der Waals surface area contributed by atoms with Gasteiger partial charge in [0.2, 0.25) is 0 Å². The van der Waals surface area contributed by atoms with Gasteiger partial charge in [-0.2, -0.15) is 0 Å². The van der Waals surface area contributed by atoms with Crippen molar-refractivity contribution >= 4 is 0 Å². The van der Waals surface area contributed by atoms with Crippen molar-refractivity contribution in [2.45, 2.75) is 25.2 Å². The highest BCUT2D eigenvalue weighted by atomic mass is 19.3. The predicted octanol–water partition coefficient (Wildman–Crippen LogP) is 2.98. The first-order valence-electron chi connectivity index (χ1n) is 6.05. The van der Waals surface area contributed by atoms with Gasteiger partial charge in [-0.25, -0.2) is 13.2 Å². The van der Waals surface area contributed by atoms with Crippen LogP contribution in [0.15, 0.2) is 18.2 Å². The molecule has 0 spiro atoms. The number of hydrogen-bond acceptors (Lipinski definition) is 2. The van der Waals surface area contributed by atoms with E-state index >= 15 is 0 Å². The quantitative estimate of drug-likeness (QED) is 0.902. The van der Waals surface area contributed by atoms with Gasteiger partial charge in [0.25, 0.3) is 6.43 Å². The molecule has 2 nitrogen and oxygen atoms in total. The van der Waals surface area contributed by atoms with Gasteiger partial charge in [-0.05, 0) is 49.5 Å². The van der Waals surface area contributed by atoms with E-state index in [9.17, 15) is 18.3 Å². The van der Waals surface area contributed by atoms with Gasteiger partial charge in [0.1, 0.15) is 0 Å². The van der Waals surface area contributed by atoms with Crippen LogP contribution in [0.5, 0.6) is 5.75 Å². The number of likely N-dealkylation sites (tertiary alicyclic amines) is 1. The Labute approximate surface area is 104 Å². The molecule has 1 fully saturated rings. The molecule has 18 heavy (non-hydrogen) atoms. The molecule has 1 aliphatic rings. The third-order valence-corrected chi connectivity index (χ3v) is 3.43. The molecule has 1 N–H and O–H groups in total. The second-order valence-corrected chi connectivity index (χ2v) is 4.68. The van der Waals surface area contributed by atoms with Crippen molar-refractivity contribution in [3.8, 4) is 5.75 Å². The van der Waals surface area contributed by atoms with E-state index in [2.05, 4.69) is 0 Å². The molecule has 0 bridgehead atoms. The van der Waals surface area contributed by atoms with Crippen molar-refractivity contribution in [3.05, 3.63) is 29.6 Å². The molecule has 100 valence electrons. The number of piperidine rings is 1. The molecule has 1 saturated heterocycles. The molecule has 0 unspecified atom stereocenters. The van der Waals surface area contributed by atoms with Crippen molar-refractivity contribution in [2.24, 2.45) is 0 Å². The lowest BCUT2D eigenvalue weighted by atomic mass is 9.89. The van der Waals surface area contributed by atoms with Gasteiger partial charge in [0.15, 0.2) is 11.6 Å². The molecule has 1 aromatic carbocycles. The van der Waals surface area contributed by atoms with E-state index in [1.54, 1.807) is 11.0 Å². The highest BCUT2D eigenvalue weighted by Crippen LogP contribution is 2.30. The summed E-state index contributed by atoms with van der Waals surface area (Å²) in [7, 11) is 0. The van der Waals surface area contributed by atoms with Crippen molar-refractivity contribution in [1.82, 2.24) is 4.90 Å². The molecule has 1 heterocycles. The number of nitrogens with zero attached hydrogens (tertiary/aromatic N) is 1. The van der Waals surface area contributed by atoms with Gasteiger partial charge in [-0.3, -0.25) is 4.90 Å². The minimum Gasteiger partial charge on any atom is -0.505 e. The summed E-state index contributed by atoms with van der Waals surface area (Å²) in [5, 5.41) is 9.32. The number of alkyl halides is 2. The fourth-order valence-electron chi connectivity index (χ4n) is 2.43. The first kappa shape index (κ1) is 13.2. The van der Waals surface area contributed by atoms with Crippen LogP contribution in [0, 0.1) is 5.82 Å². The van der Waals surface area contributed by atoms with E-state index in [0.29, 0.717) is 13.1 Å². The number of halogens is 3. The van der Waals surface area contributed by atoms with E-state index in [-0.39, 0.29) is 18.2 Å². The lowest BCUT2D eigenvalue weighted by Crippen LogP contribution is -2.36. The van der Waals surface area contributed by atoms with Crippen LogP contribution in [0.3, 0.4) is 0 Å². The maximum absolute atomic E-state index is 12.9. The van der Waals surface area contributed by atoms with Crippen LogP contribution in [0.4, 0.5) is 13.2 Å². The number of aromatic hydroxyl groups is 1. The lowest BCUT2D eigenvalue weighted by Gasteiger charge is -2.31. The van der Waals surface area contributed by atoms with Crippen LogP contribution >= 0.6 is 0 Å². The standard InChI is InChI=1S/C13H16F3NO/c14-11-2-1-10(7-12(11)18)9-3-5-17(6-4-9)8-13(15)16/h1-2,7,9,13,18H,3-6,8H2. The van der Waals surface area contributed by atoms with Crippen LogP contribution in [0.2, 0.25) is 0 Å². The zero-order valence-corrected chi connectivity index (χ0v) is 9.95. The summed E-state index contributed by atoms with van der Waals surface area (Å²) in [6.45, 7) is 1.06. The average molecular weight is 259 g/mol. The van der Waals surface area contributed by atoms with Crippen LogP contribution < -0.4 is 0 Å². The zero-order chi connectivity index (χ0) is 13.1. The molecule has 1 aliphatic heterocycles. The van der Waals surface area contributed by atoms with Gasteiger partial charge in [0.05, 0.1) is 6.54 Å². The van der Waals surface area contributed by atoms with E-state index in [1.807, 2.05) is 0 Å². The summed E-state index contributed by atoms with van der Waals surface area (Å²) < 4.78 is 37.4. The van der Waals surface area contributed by atoms with Gasteiger partial charge in [-0.1, -0.05) is 6.07 Å². The number of benzene rings is 1. The SMILES string of the molecule is Oc1cc(C2CCN(CC(F)F)CC2)ccc1F. The van der Waals surface area contributed by atoms with Crippen molar-refractivity contribution in [3.63, 3.8) is 0 Å². The molecule has 0 aliphatic carbocycles. The molecule has 5 heteroatoms. The summed E-state index contributed by atoms with van der Waals surface area (Å²) >= 11 is 0. The average Bonchev–Trinajstić information content (AvgIpc) is 2.33. The third-order valence-electron chi connectivity index (χ3n) is 3.43. The highest BCUT2D eigenvalue weighted by Gasteiger charge is 2.22. The zero-order valence-electron chi connectivity index (χ0n) is 9.95. The molecule has 0 saturated carbocycles. The largest absolute Gasteiger partial charge is 0.505 e. The Bertz CT molecular complexity index is 403. The van der Waals surface area contributed by atoms with Crippen LogP contribution in [-0.2, 0) is 0 Å². The van der Waals surface area contributed by atoms with Crippen molar-refractivity contribution in [2.75, 3.05) is 19.6 Å². The molecule has 1 aromatic rings. The van der Waals surface area contributed by atoms with E-state index in [4.69, 9.17) is 0 Å². The van der Waals surface area contributed by atoms with E-state index in [0.717, 1.165) is 18.4 Å². The summed E-state index contributed by atoms with van der Waals surface area (Å²) in [4.78, 5) is 1.74. The minimum atomic E-state index is -2.29. The number of rotatable bonds is 3. The van der Waals surface area contributed by atoms with Crippen LogP contribution in [0.25, 0.3) is 0 Å². The van der Waals surface area contributed by atoms with Crippen molar-refractivity contribution in [1.29, 1.82) is 0 Å². The topological polar surface area (TPSA) is 23.5 Å². The maximum Gasteiger partial charge on any atom is 0.251 e. The molecule has 0 atom stereocenters. The van der Waals surface area contributed by atoms with E-state index < -0.39 is 12.2 Å². The van der Waals surface area contributed by atoms with Gasteiger partial charge >= 0.3 is 0 Å². The van der Waals surface area contributed by atoms with Gasteiger partial charge in [-0.15, -0.1) is 0 Å². The van der Waals surface area contributed by atoms with Gasteiger partial charge in [0, 0.05) is 0 Å². The summed E-state index contributed by atoms with van der Waals surface area (Å²) in [6.07, 6.45) is -0.772. The number of phenolic OH excluding ortho intramolecular Hbond substituents is 1. The summed E-state index contributed by atoms with van der Waals surface area (Å²) in [6, 6.07) is 4.33. The molecule has 0 radical (unpaired) electrons. The minimum absolute atomic E-state index is 0.179. The Kier molecular flexibility index (Phi) is 4.11. The molecule has 0 amide bonds. The lowest BCUT2D eigenvalue weighted by molar-refractivity contribution is 0.0754. The fraction of sp³-hybridized carbons (Fsp3) is 0.538. The highest BCUT2D eigenvalue weighted by molar-refractivity contribution is 5.31. The maximum atomic E-state index is 12.9.